The quantitative estimate of drug-likeness (QED) is 0.201. The third kappa shape index (κ3) is 4.88. The molecular weight excluding hydrogens is 484 g/mol. The molecule has 1 aliphatic carbocycles. The van der Waals surface area contributed by atoms with Crippen LogP contribution < -0.4 is 0 Å². The minimum Gasteiger partial charge on any atom is -0.377 e. The molecule has 2 nitrogen and oxygen atoms in total. The fraction of sp³-hybridized carbons (Fsp3) is 0.226. The molecule has 0 aromatic heterocycles. The van der Waals surface area contributed by atoms with Gasteiger partial charge >= 0.3 is 0 Å². The Hall–Kier alpha value is -2.72. The number of hydrogen-bond acceptors (Lipinski definition) is 2. The van der Waals surface area contributed by atoms with Crippen LogP contribution in [0.2, 0.25) is 0 Å². The van der Waals surface area contributed by atoms with Crippen LogP contribution in [0.5, 0.6) is 0 Å². The van der Waals surface area contributed by atoms with E-state index >= 15 is 0 Å². The summed E-state index contributed by atoms with van der Waals surface area (Å²) in [6.07, 6.45) is 1.82. The Labute approximate surface area is 210 Å². The van der Waals surface area contributed by atoms with E-state index in [1.165, 1.54) is 33.4 Å². The smallest absolute Gasteiger partial charge is 0.0716 e. The monoisotopic (exact) mass is 512 g/mol. The van der Waals surface area contributed by atoms with Gasteiger partial charge in [-0.2, -0.15) is 0 Å². The van der Waals surface area contributed by atoms with Crippen molar-refractivity contribution in [3.8, 4) is 11.1 Å². The van der Waals surface area contributed by atoms with E-state index in [0.29, 0.717) is 26.4 Å². The highest BCUT2D eigenvalue weighted by Gasteiger charge is 2.42. The van der Waals surface area contributed by atoms with E-state index in [9.17, 15) is 0 Å². The maximum Gasteiger partial charge on any atom is 0.0716 e. The SMILES string of the molecule is Brc1ccc2c(c1)C(CCOCc1ccccc1)(CCOCc1ccccc1)c1ccccc1-2. The van der Waals surface area contributed by atoms with Crippen LogP contribution >= 0.6 is 15.9 Å². The van der Waals surface area contributed by atoms with Crippen molar-refractivity contribution in [3.63, 3.8) is 0 Å². The first-order valence-electron chi connectivity index (χ1n) is 11.9. The summed E-state index contributed by atoms with van der Waals surface area (Å²) in [5.41, 5.74) is 7.68. The second-order valence-corrected chi connectivity index (χ2v) is 9.81. The predicted molar refractivity (Wildman–Crippen MR) is 142 cm³/mol. The van der Waals surface area contributed by atoms with Crippen molar-refractivity contribution in [1.82, 2.24) is 0 Å². The van der Waals surface area contributed by atoms with E-state index in [0.717, 1.165) is 17.3 Å². The number of benzene rings is 4. The fourth-order valence-corrected chi connectivity index (χ4v) is 5.47. The van der Waals surface area contributed by atoms with Gasteiger partial charge in [0.25, 0.3) is 0 Å². The van der Waals surface area contributed by atoms with E-state index in [2.05, 4.69) is 107 Å². The summed E-state index contributed by atoms with van der Waals surface area (Å²) in [5, 5.41) is 0. The average molecular weight is 513 g/mol. The highest BCUT2D eigenvalue weighted by Crippen LogP contribution is 2.53. The maximum absolute atomic E-state index is 6.19. The molecule has 0 fully saturated rings. The van der Waals surface area contributed by atoms with Crippen molar-refractivity contribution in [2.24, 2.45) is 0 Å². The van der Waals surface area contributed by atoms with Gasteiger partial charge in [0.15, 0.2) is 0 Å². The maximum atomic E-state index is 6.19. The predicted octanol–water partition coefficient (Wildman–Crippen LogP) is 7.93. The lowest BCUT2D eigenvalue weighted by atomic mass is 9.73. The van der Waals surface area contributed by atoms with Crippen LogP contribution in [0.1, 0.15) is 35.1 Å². The third-order valence-electron chi connectivity index (χ3n) is 6.80. The van der Waals surface area contributed by atoms with Gasteiger partial charge in [-0.15, -0.1) is 0 Å². The topological polar surface area (TPSA) is 18.5 Å². The van der Waals surface area contributed by atoms with Crippen molar-refractivity contribution in [2.75, 3.05) is 13.2 Å². The second-order valence-electron chi connectivity index (χ2n) is 8.89. The summed E-state index contributed by atoms with van der Waals surface area (Å²) in [5.74, 6) is 0. The number of ether oxygens (including phenoxy) is 2. The third-order valence-corrected chi connectivity index (χ3v) is 7.29. The molecule has 0 amide bonds. The molecule has 4 aromatic rings. The molecule has 5 rings (SSSR count). The van der Waals surface area contributed by atoms with Crippen molar-refractivity contribution in [2.45, 2.75) is 31.5 Å². The first-order valence-corrected chi connectivity index (χ1v) is 12.7. The molecule has 3 heteroatoms. The van der Waals surface area contributed by atoms with Crippen molar-refractivity contribution >= 4 is 15.9 Å². The normalized spacial score (nSPS) is 13.4. The molecular formula is C31H29BrO2. The first-order chi connectivity index (χ1) is 16.8. The summed E-state index contributed by atoms with van der Waals surface area (Å²) < 4.78 is 13.5. The van der Waals surface area contributed by atoms with Crippen LogP contribution in [-0.2, 0) is 28.1 Å². The summed E-state index contributed by atoms with van der Waals surface area (Å²) >= 11 is 3.72. The van der Waals surface area contributed by atoms with Crippen LogP contribution in [0.3, 0.4) is 0 Å². The zero-order valence-electron chi connectivity index (χ0n) is 19.3. The number of rotatable bonds is 10. The molecule has 0 N–H and O–H groups in total. The molecule has 34 heavy (non-hydrogen) atoms. The highest BCUT2D eigenvalue weighted by molar-refractivity contribution is 9.10. The summed E-state index contributed by atoms with van der Waals surface area (Å²) in [4.78, 5) is 0. The Morgan fingerprint density at radius 3 is 1.71 bits per heavy atom. The largest absolute Gasteiger partial charge is 0.377 e. The van der Waals surface area contributed by atoms with Crippen molar-refractivity contribution in [3.05, 3.63) is 130 Å². The lowest BCUT2D eigenvalue weighted by molar-refractivity contribution is 0.0827. The lowest BCUT2D eigenvalue weighted by Gasteiger charge is -2.32. The number of hydrogen-bond donors (Lipinski definition) is 0. The van der Waals surface area contributed by atoms with E-state index in [-0.39, 0.29) is 5.41 Å². The molecule has 0 atom stereocenters. The van der Waals surface area contributed by atoms with Crippen LogP contribution in [0.4, 0.5) is 0 Å². The Morgan fingerprint density at radius 2 is 1.09 bits per heavy atom. The highest BCUT2D eigenvalue weighted by atomic mass is 79.9. The Kier molecular flexibility index (Phi) is 7.24. The van der Waals surface area contributed by atoms with Gasteiger partial charge in [0.2, 0.25) is 0 Å². The van der Waals surface area contributed by atoms with Gasteiger partial charge in [0, 0.05) is 23.1 Å². The minimum absolute atomic E-state index is 0.136. The van der Waals surface area contributed by atoms with Crippen molar-refractivity contribution in [1.29, 1.82) is 0 Å². The van der Waals surface area contributed by atoms with Gasteiger partial charge in [-0.3, -0.25) is 0 Å². The van der Waals surface area contributed by atoms with E-state index in [1.807, 2.05) is 12.1 Å². The van der Waals surface area contributed by atoms with Crippen LogP contribution in [0.25, 0.3) is 11.1 Å². The molecule has 4 aromatic carbocycles. The van der Waals surface area contributed by atoms with Crippen molar-refractivity contribution < 1.29 is 9.47 Å². The van der Waals surface area contributed by atoms with Crippen LogP contribution in [0.15, 0.2) is 108 Å². The summed E-state index contributed by atoms with van der Waals surface area (Å²) in [7, 11) is 0. The number of halogens is 1. The lowest BCUT2D eigenvalue weighted by Crippen LogP contribution is -2.29. The molecule has 0 heterocycles. The molecule has 0 radical (unpaired) electrons. The van der Waals surface area contributed by atoms with E-state index in [4.69, 9.17) is 9.47 Å². The molecule has 1 aliphatic rings. The average Bonchev–Trinajstić information content (AvgIpc) is 3.15. The Balaban J connectivity index is 1.38. The van der Waals surface area contributed by atoms with E-state index in [1.54, 1.807) is 0 Å². The van der Waals surface area contributed by atoms with Crippen LogP contribution in [-0.4, -0.2) is 13.2 Å². The van der Waals surface area contributed by atoms with Gasteiger partial charge < -0.3 is 9.47 Å². The van der Waals surface area contributed by atoms with Gasteiger partial charge in [-0.05, 0) is 58.4 Å². The zero-order chi connectivity index (χ0) is 23.2. The van der Waals surface area contributed by atoms with Gasteiger partial charge in [0.1, 0.15) is 0 Å². The minimum atomic E-state index is -0.136. The summed E-state index contributed by atoms with van der Waals surface area (Å²) in [6.45, 7) is 2.64. The molecule has 0 unspecified atom stereocenters. The van der Waals surface area contributed by atoms with Gasteiger partial charge in [0.05, 0.1) is 13.2 Å². The first kappa shape index (κ1) is 23.0. The Morgan fingerprint density at radius 1 is 0.559 bits per heavy atom. The van der Waals surface area contributed by atoms with E-state index < -0.39 is 0 Å². The second kappa shape index (κ2) is 10.7. The van der Waals surface area contributed by atoms with Gasteiger partial charge in [-0.25, -0.2) is 0 Å². The Bertz CT molecular complexity index is 1170. The number of fused-ring (bicyclic) bond motifs is 3. The molecule has 0 spiro atoms. The molecule has 0 aliphatic heterocycles. The molecule has 0 saturated heterocycles. The van der Waals surface area contributed by atoms with Crippen LogP contribution in [0, 0.1) is 0 Å². The summed E-state index contributed by atoms with van der Waals surface area (Å²) in [6, 6.07) is 36.3. The zero-order valence-corrected chi connectivity index (χ0v) is 20.8. The molecule has 172 valence electrons. The molecule has 0 bridgehead atoms. The standard InChI is InChI=1S/C31H29BrO2/c32-26-15-16-28-27-13-7-8-14-29(27)31(30(28)21-26,17-19-33-22-24-9-3-1-4-10-24)18-20-34-23-25-11-5-2-6-12-25/h1-16,21H,17-20,22-23H2. The fourth-order valence-electron chi connectivity index (χ4n) is 5.11. The molecule has 0 saturated carbocycles. The van der Waals surface area contributed by atoms with Gasteiger partial charge in [-0.1, -0.05) is 107 Å².